The van der Waals surface area contributed by atoms with Gasteiger partial charge in [-0.05, 0) is 37.8 Å². The highest BCUT2D eigenvalue weighted by atomic mass is 35.5. The lowest BCUT2D eigenvalue weighted by atomic mass is 9.90. The largest absolute Gasteiger partial charge is 0.335 e. The Morgan fingerprint density at radius 2 is 2.16 bits per heavy atom. The van der Waals surface area contributed by atoms with Crippen molar-refractivity contribution in [1.82, 2.24) is 4.90 Å². The molecule has 0 spiro atoms. The molecule has 0 saturated heterocycles. The van der Waals surface area contributed by atoms with Crippen molar-refractivity contribution in [3.63, 3.8) is 0 Å². The molecule has 0 N–H and O–H groups in total. The lowest BCUT2D eigenvalue weighted by molar-refractivity contribution is 0.0576. The minimum absolute atomic E-state index is 0.0226. The van der Waals surface area contributed by atoms with Gasteiger partial charge in [0.15, 0.2) is 0 Å². The van der Waals surface area contributed by atoms with Crippen LogP contribution in [-0.4, -0.2) is 29.3 Å². The smallest absolute Gasteiger partial charge is 0.258 e. The molecule has 1 aromatic carbocycles. The summed E-state index contributed by atoms with van der Waals surface area (Å²) in [4.78, 5) is 14.2. The van der Waals surface area contributed by atoms with E-state index in [1.54, 1.807) is 11.0 Å². The van der Waals surface area contributed by atoms with Crippen LogP contribution in [-0.2, 0) is 0 Å². The molecule has 104 valence electrons. The van der Waals surface area contributed by atoms with Crippen molar-refractivity contribution >= 4 is 29.1 Å². The van der Waals surface area contributed by atoms with Crippen molar-refractivity contribution in [2.45, 2.75) is 31.7 Å². The minimum atomic E-state index is -0.562. The Morgan fingerprint density at radius 1 is 1.42 bits per heavy atom. The maximum absolute atomic E-state index is 13.8. The van der Waals surface area contributed by atoms with Gasteiger partial charge in [-0.15, -0.1) is 11.6 Å². The standard InChI is InChI=1S/C14H16Cl2FNO/c15-8-3-9-18(10-4-1-5-10)14(19)13-11(16)6-2-7-12(13)17/h2,6-7,10H,1,3-5,8-9H2. The van der Waals surface area contributed by atoms with Crippen LogP contribution in [0.15, 0.2) is 18.2 Å². The van der Waals surface area contributed by atoms with Gasteiger partial charge < -0.3 is 4.90 Å². The van der Waals surface area contributed by atoms with E-state index in [0.29, 0.717) is 18.8 Å². The average Bonchev–Trinajstić information content (AvgIpc) is 2.31. The number of rotatable bonds is 5. The fourth-order valence-electron chi connectivity index (χ4n) is 2.22. The molecule has 2 rings (SSSR count). The molecule has 1 aliphatic carbocycles. The van der Waals surface area contributed by atoms with Gasteiger partial charge in [-0.3, -0.25) is 4.79 Å². The van der Waals surface area contributed by atoms with Gasteiger partial charge in [-0.2, -0.15) is 0 Å². The summed E-state index contributed by atoms with van der Waals surface area (Å²) in [6.45, 7) is 0.553. The zero-order valence-electron chi connectivity index (χ0n) is 10.5. The normalized spacial score (nSPS) is 15.1. The van der Waals surface area contributed by atoms with Crippen molar-refractivity contribution < 1.29 is 9.18 Å². The van der Waals surface area contributed by atoms with Crippen LogP contribution in [0.5, 0.6) is 0 Å². The van der Waals surface area contributed by atoms with Gasteiger partial charge in [0, 0.05) is 18.5 Å². The third-order valence-electron chi connectivity index (χ3n) is 3.49. The Morgan fingerprint density at radius 3 is 2.68 bits per heavy atom. The van der Waals surface area contributed by atoms with Crippen LogP contribution >= 0.6 is 23.2 Å². The maximum Gasteiger partial charge on any atom is 0.258 e. The zero-order valence-corrected chi connectivity index (χ0v) is 12.1. The zero-order chi connectivity index (χ0) is 13.8. The molecule has 0 unspecified atom stereocenters. The quantitative estimate of drug-likeness (QED) is 0.750. The first-order chi connectivity index (χ1) is 9.15. The average molecular weight is 304 g/mol. The Labute approximate surface area is 122 Å². The fraction of sp³-hybridized carbons (Fsp3) is 0.500. The van der Waals surface area contributed by atoms with Gasteiger partial charge in [0.1, 0.15) is 5.82 Å². The van der Waals surface area contributed by atoms with Gasteiger partial charge in [-0.1, -0.05) is 17.7 Å². The lowest BCUT2D eigenvalue weighted by Gasteiger charge is -2.37. The molecule has 0 heterocycles. The molecule has 0 atom stereocenters. The van der Waals surface area contributed by atoms with Crippen LogP contribution < -0.4 is 0 Å². The van der Waals surface area contributed by atoms with E-state index < -0.39 is 5.82 Å². The highest BCUT2D eigenvalue weighted by molar-refractivity contribution is 6.33. The van der Waals surface area contributed by atoms with Crippen molar-refractivity contribution in [2.75, 3.05) is 12.4 Å². The molecule has 1 saturated carbocycles. The van der Waals surface area contributed by atoms with Crippen LogP contribution in [0.25, 0.3) is 0 Å². The van der Waals surface area contributed by atoms with Gasteiger partial charge in [0.25, 0.3) is 5.91 Å². The van der Waals surface area contributed by atoms with E-state index >= 15 is 0 Å². The molecule has 0 aromatic heterocycles. The maximum atomic E-state index is 13.8. The first-order valence-electron chi connectivity index (χ1n) is 6.46. The molecular formula is C14H16Cl2FNO. The van der Waals surface area contributed by atoms with Gasteiger partial charge >= 0.3 is 0 Å². The molecule has 1 fully saturated rings. The van der Waals surface area contributed by atoms with Gasteiger partial charge in [0.2, 0.25) is 0 Å². The number of halogens is 3. The SMILES string of the molecule is O=C(c1c(F)cccc1Cl)N(CCCCl)C1CCC1. The van der Waals surface area contributed by atoms with Gasteiger partial charge in [-0.25, -0.2) is 4.39 Å². The molecule has 2 nitrogen and oxygen atoms in total. The second-order valence-corrected chi connectivity index (χ2v) is 5.51. The highest BCUT2D eigenvalue weighted by Gasteiger charge is 2.31. The number of benzene rings is 1. The number of carbonyl (C=O) groups excluding carboxylic acids is 1. The van der Waals surface area contributed by atoms with Crippen LogP contribution in [0.1, 0.15) is 36.0 Å². The third kappa shape index (κ3) is 3.21. The van der Waals surface area contributed by atoms with E-state index in [4.69, 9.17) is 23.2 Å². The lowest BCUT2D eigenvalue weighted by Crippen LogP contribution is -2.45. The highest BCUT2D eigenvalue weighted by Crippen LogP contribution is 2.29. The number of carbonyl (C=O) groups is 1. The molecule has 0 radical (unpaired) electrons. The van der Waals surface area contributed by atoms with Crippen molar-refractivity contribution in [1.29, 1.82) is 0 Å². The molecule has 1 amide bonds. The Kier molecular flexibility index (Phi) is 5.06. The third-order valence-corrected chi connectivity index (χ3v) is 4.07. The van der Waals surface area contributed by atoms with E-state index in [-0.39, 0.29) is 22.5 Å². The van der Waals surface area contributed by atoms with Crippen molar-refractivity contribution in [3.05, 3.63) is 34.6 Å². The van der Waals surface area contributed by atoms with Crippen LogP contribution in [0.2, 0.25) is 5.02 Å². The van der Waals surface area contributed by atoms with Crippen LogP contribution in [0, 0.1) is 5.82 Å². The summed E-state index contributed by atoms with van der Waals surface area (Å²) in [6.07, 6.45) is 3.76. The minimum Gasteiger partial charge on any atom is -0.335 e. The summed E-state index contributed by atoms with van der Waals surface area (Å²) >= 11 is 11.6. The van der Waals surface area contributed by atoms with Gasteiger partial charge in [0.05, 0.1) is 10.6 Å². The fourth-order valence-corrected chi connectivity index (χ4v) is 2.59. The summed E-state index contributed by atoms with van der Waals surface area (Å²) in [7, 11) is 0. The number of hydrogen-bond acceptors (Lipinski definition) is 1. The van der Waals surface area contributed by atoms with E-state index in [2.05, 4.69) is 0 Å². The van der Waals surface area contributed by atoms with E-state index in [0.717, 1.165) is 19.3 Å². The molecule has 1 aliphatic rings. The molecule has 1 aromatic rings. The number of alkyl halides is 1. The summed E-state index contributed by atoms with van der Waals surface area (Å²) in [5.74, 6) is -0.396. The summed E-state index contributed by atoms with van der Waals surface area (Å²) in [5, 5.41) is 0.167. The molecule has 19 heavy (non-hydrogen) atoms. The Bertz CT molecular complexity index is 443. The molecule has 5 heteroatoms. The Balaban J connectivity index is 2.22. The first kappa shape index (κ1) is 14.6. The predicted octanol–water partition coefficient (Wildman–Crippen LogP) is 4.10. The number of amides is 1. The van der Waals surface area contributed by atoms with E-state index in [1.807, 2.05) is 0 Å². The molecule has 0 aliphatic heterocycles. The van der Waals surface area contributed by atoms with Crippen molar-refractivity contribution in [2.24, 2.45) is 0 Å². The predicted molar refractivity (Wildman–Crippen MR) is 75.4 cm³/mol. The summed E-state index contributed by atoms with van der Waals surface area (Å²) < 4.78 is 13.8. The van der Waals surface area contributed by atoms with E-state index in [1.165, 1.54) is 12.1 Å². The topological polar surface area (TPSA) is 20.3 Å². The monoisotopic (exact) mass is 303 g/mol. The number of hydrogen-bond donors (Lipinski definition) is 0. The second kappa shape index (κ2) is 6.58. The van der Waals surface area contributed by atoms with E-state index in [9.17, 15) is 9.18 Å². The second-order valence-electron chi connectivity index (χ2n) is 4.72. The first-order valence-corrected chi connectivity index (χ1v) is 7.37. The molecule has 0 bridgehead atoms. The van der Waals surface area contributed by atoms with Crippen LogP contribution in [0.3, 0.4) is 0 Å². The number of nitrogens with zero attached hydrogens (tertiary/aromatic N) is 1. The summed E-state index contributed by atoms with van der Waals surface area (Å²) in [6, 6.07) is 4.50. The van der Waals surface area contributed by atoms with Crippen LogP contribution in [0.4, 0.5) is 4.39 Å². The summed E-state index contributed by atoms with van der Waals surface area (Å²) in [5.41, 5.74) is -0.0226. The van der Waals surface area contributed by atoms with Crippen molar-refractivity contribution in [3.8, 4) is 0 Å². The molecular weight excluding hydrogens is 288 g/mol. The Hall–Kier alpha value is -0.800.